The van der Waals surface area contributed by atoms with Crippen LogP contribution in [0.3, 0.4) is 0 Å². The number of carbonyl (C=O) groups is 3. The summed E-state index contributed by atoms with van der Waals surface area (Å²) in [5, 5.41) is 8.23. The second kappa shape index (κ2) is 9.58. The van der Waals surface area contributed by atoms with Crippen LogP contribution in [-0.4, -0.2) is 45.0 Å². The molecule has 1 aromatic carbocycles. The minimum Gasteiger partial charge on any atom is -0.468 e. The van der Waals surface area contributed by atoms with Gasteiger partial charge in [-0.05, 0) is 24.7 Å². The second-order valence-corrected chi connectivity index (χ2v) is 5.17. The van der Waals surface area contributed by atoms with E-state index in [0.717, 1.165) is 5.56 Å². The van der Waals surface area contributed by atoms with E-state index in [1.54, 1.807) is 31.3 Å². The van der Waals surface area contributed by atoms with Crippen molar-refractivity contribution in [3.8, 4) is 0 Å². The topological polar surface area (TPSA) is 96.5 Å². The summed E-state index contributed by atoms with van der Waals surface area (Å²) in [6.45, 7) is 2.29. The Labute approximate surface area is 135 Å². The summed E-state index contributed by atoms with van der Waals surface area (Å²) in [5.41, 5.74) is 1.46. The van der Waals surface area contributed by atoms with Gasteiger partial charge in [-0.15, -0.1) is 0 Å². The van der Waals surface area contributed by atoms with Crippen molar-refractivity contribution in [1.82, 2.24) is 10.6 Å². The van der Waals surface area contributed by atoms with Crippen molar-refractivity contribution in [3.63, 3.8) is 0 Å². The van der Waals surface area contributed by atoms with Crippen molar-refractivity contribution in [3.05, 3.63) is 29.8 Å². The van der Waals surface area contributed by atoms with Crippen molar-refractivity contribution in [2.75, 3.05) is 32.6 Å². The van der Waals surface area contributed by atoms with Crippen LogP contribution in [0.2, 0.25) is 0 Å². The lowest BCUT2D eigenvalue weighted by molar-refractivity contribution is -0.141. The Bertz CT molecular complexity index is 543. The van der Waals surface area contributed by atoms with Crippen molar-refractivity contribution in [2.24, 2.45) is 5.92 Å². The number of hydrogen-bond donors (Lipinski definition) is 3. The summed E-state index contributed by atoms with van der Waals surface area (Å²) in [4.78, 5) is 34.5. The third kappa shape index (κ3) is 6.92. The van der Waals surface area contributed by atoms with Crippen LogP contribution in [-0.2, 0) is 25.5 Å². The van der Waals surface area contributed by atoms with E-state index in [-0.39, 0.29) is 30.7 Å². The molecule has 7 heteroatoms. The first-order valence-electron chi connectivity index (χ1n) is 7.34. The molecule has 1 unspecified atom stereocenters. The molecule has 0 saturated carbocycles. The van der Waals surface area contributed by atoms with E-state index in [4.69, 9.17) is 0 Å². The third-order valence-electron chi connectivity index (χ3n) is 3.20. The van der Waals surface area contributed by atoms with Crippen LogP contribution in [0.1, 0.15) is 12.5 Å². The highest BCUT2D eigenvalue weighted by Crippen LogP contribution is 2.11. The van der Waals surface area contributed by atoms with Gasteiger partial charge in [-0.1, -0.05) is 19.1 Å². The van der Waals surface area contributed by atoms with Crippen molar-refractivity contribution < 1.29 is 19.1 Å². The number of esters is 1. The number of carbonyl (C=O) groups excluding carboxylic acids is 3. The van der Waals surface area contributed by atoms with E-state index in [1.165, 1.54) is 7.11 Å². The molecule has 0 saturated heterocycles. The molecule has 0 aliphatic carbocycles. The molecule has 1 atom stereocenters. The summed E-state index contributed by atoms with van der Waals surface area (Å²) < 4.78 is 4.44. The zero-order valence-electron chi connectivity index (χ0n) is 13.6. The second-order valence-electron chi connectivity index (χ2n) is 5.17. The van der Waals surface area contributed by atoms with Gasteiger partial charge in [0, 0.05) is 18.2 Å². The SMILES string of the molecule is CNCC(C)C(=O)Nc1ccc(CC(=O)NCC(=O)OC)cc1. The van der Waals surface area contributed by atoms with Crippen LogP contribution in [0.4, 0.5) is 5.69 Å². The average molecular weight is 321 g/mol. The number of rotatable bonds is 8. The molecule has 23 heavy (non-hydrogen) atoms. The maximum absolute atomic E-state index is 11.9. The zero-order chi connectivity index (χ0) is 17.2. The lowest BCUT2D eigenvalue weighted by Crippen LogP contribution is -2.31. The molecular weight excluding hydrogens is 298 g/mol. The molecule has 0 aliphatic rings. The number of hydrogen-bond acceptors (Lipinski definition) is 5. The summed E-state index contributed by atoms with van der Waals surface area (Å²) in [5.74, 6) is -0.964. The number of ether oxygens (including phenoxy) is 1. The highest BCUT2D eigenvalue weighted by molar-refractivity contribution is 5.92. The smallest absolute Gasteiger partial charge is 0.325 e. The molecule has 0 radical (unpaired) electrons. The molecule has 0 aromatic heterocycles. The quantitative estimate of drug-likeness (QED) is 0.599. The predicted octanol–water partition coefficient (Wildman–Crippen LogP) is 0.312. The Morgan fingerprint density at radius 3 is 2.39 bits per heavy atom. The zero-order valence-corrected chi connectivity index (χ0v) is 13.6. The molecule has 0 spiro atoms. The van der Waals surface area contributed by atoms with Gasteiger partial charge in [0.2, 0.25) is 11.8 Å². The summed E-state index contributed by atoms with van der Waals surface area (Å²) in [7, 11) is 3.06. The minimum absolute atomic E-state index is 0.0667. The fourth-order valence-corrected chi connectivity index (χ4v) is 1.86. The molecule has 1 rings (SSSR count). The van der Waals surface area contributed by atoms with E-state index in [0.29, 0.717) is 12.2 Å². The number of methoxy groups -OCH3 is 1. The standard InChI is InChI=1S/C16H23N3O4/c1-11(9-17-2)16(22)19-13-6-4-12(5-7-13)8-14(20)18-10-15(21)23-3/h4-7,11,17H,8-10H2,1-3H3,(H,18,20)(H,19,22). The molecular formula is C16H23N3O4. The highest BCUT2D eigenvalue weighted by Gasteiger charge is 2.12. The number of benzene rings is 1. The Hall–Kier alpha value is -2.41. The van der Waals surface area contributed by atoms with E-state index < -0.39 is 5.97 Å². The number of amides is 2. The molecule has 0 heterocycles. The van der Waals surface area contributed by atoms with Crippen molar-refractivity contribution >= 4 is 23.5 Å². The highest BCUT2D eigenvalue weighted by atomic mass is 16.5. The molecule has 0 fully saturated rings. The maximum Gasteiger partial charge on any atom is 0.325 e. The lowest BCUT2D eigenvalue weighted by Gasteiger charge is -2.12. The Balaban J connectivity index is 2.48. The number of anilines is 1. The van der Waals surface area contributed by atoms with Crippen LogP contribution >= 0.6 is 0 Å². The van der Waals surface area contributed by atoms with Gasteiger partial charge in [0.25, 0.3) is 0 Å². The minimum atomic E-state index is -0.493. The van der Waals surface area contributed by atoms with E-state index in [1.807, 2.05) is 6.92 Å². The summed E-state index contributed by atoms with van der Waals surface area (Å²) in [6, 6.07) is 7.01. The van der Waals surface area contributed by atoms with Gasteiger partial charge < -0.3 is 20.7 Å². The molecule has 7 nitrogen and oxygen atoms in total. The Morgan fingerprint density at radius 1 is 1.17 bits per heavy atom. The van der Waals surface area contributed by atoms with Crippen LogP contribution in [0.25, 0.3) is 0 Å². The first kappa shape index (κ1) is 18.6. The van der Waals surface area contributed by atoms with Crippen LogP contribution in [0.15, 0.2) is 24.3 Å². The first-order valence-corrected chi connectivity index (χ1v) is 7.34. The Morgan fingerprint density at radius 2 is 1.83 bits per heavy atom. The average Bonchev–Trinajstić information content (AvgIpc) is 2.54. The Kier molecular flexibility index (Phi) is 7.76. The fraction of sp³-hybridized carbons (Fsp3) is 0.438. The first-order chi connectivity index (χ1) is 11.0. The van der Waals surface area contributed by atoms with Gasteiger partial charge in [0.15, 0.2) is 0 Å². The van der Waals surface area contributed by atoms with Crippen molar-refractivity contribution in [2.45, 2.75) is 13.3 Å². The van der Waals surface area contributed by atoms with Crippen LogP contribution < -0.4 is 16.0 Å². The largest absolute Gasteiger partial charge is 0.468 e. The molecule has 3 N–H and O–H groups in total. The lowest BCUT2D eigenvalue weighted by atomic mass is 10.1. The van der Waals surface area contributed by atoms with Gasteiger partial charge in [0.1, 0.15) is 6.54 Å². The van der Waals surface area contributed by atoms with Gasteiger partial charge in [-0.3, -0.25) is 14.4 Å². The van der Waals surface area contributed by atoms with Gasteiger partial charge in [-0.25, -0.2) is 0 Å². The van der Waals surface area contributed by atoms with E-state index in [9.17, 15) is 14.4 Å². The monoisotopic (exact) mass is 321 g/mol. The predicted molar refractivity (Wildman–Crippen MR) is 86.9 cm³/mol. The van der Waals surface area contributed by atoms with Gasteiger partial charge in [-0.2, -0.15) is 0 Å². The number of nitrogens with one attached hydrogen (secondary N) is 3. The van der Waals surface area contributed by atoms with Crippen LogP contribution in [0, 0.1) is 5.92 Å². The molecule has 1 aromatic rings. The van der Waals surface area contributed by atoms with E-state index in [2.05, 4.69) is 20.7 Å². The summed E-state index contributed by atoms with van der Waals surface area (Å²) >= 11 is 0. The molecule has 0 aliphatic heterocycles. The maximum atomic E-state index is 11.9. The molecule has 0 bridgehead atoms. The molecule has 2 amide bonds. The van der Waals surface area contributed by atoms with Crippen molar-refractivity contribution in [1.29, 1.82) is 0 Å². The van der Waals surface area contributed by atoms with E-state index >= 15 is 0 Å². The van der Waals surface area contributed by atoms with Gasteiger partial charge >= 0.3 is 5.97 Å². The molecule has 126 valence electrons. The van der Waals surface area contributed by atoms with Gasteiger partial charge in [0.05, 0.1) is 13.5 Å². The normalized spacial score (nSPS) is 11.4. The fourth-order valence-electron chi connectivity index (χ4n) is 1.86. The van der Waals surface area contributed by atoms with Crippen LogP contribution in [0.5, 0.6) is 0 Å². The summed E-state index contributed by atoms with van der Waals surface area (Å²) in [6.07, 6.45) is 0.154. The third-order valence-corrected chi connectivity index (χ3v) is 3.20.